The van der Waals surface area contributed by atoms with Crippen molar-refractivity contribution in [1.29, 1.82) is 5.26 Å². The largest absolute Gasteiger partial charge is 0.490 e. The van der Waals surface area contributed by atoms with Gasteiger partial charge in [0.1, 0.15) is 23.1 Å². The molecule has 1 aromatic carbocycles. The Morgan fingerprint density at radius 2 is 2.17 bits per heavy atom. The van der Waals surface area contributed by atoms with Crippen molar-refractivity contribution in [3.05, 3.63) is 39.7 Å². The van der Waals surface area contributed by atoms with Crippen molar-refractivity contribution >= 4 is 11.8 Å². The summed E-state index contributed by atoms with van der Waals surface area (Å²) in [7, 11) is 0. The quantitative estimate of drug-likeness (QED) is 0.490. The van der Waals surface area contributed by atoms with E-state index in [9.17, 15) is 18.8 Å². The number of ether oxygens (including phenoxy) is 1. The number of hydrogen-bond donors (Lipinski definition) is 1. The summed E-state index contributed by atoms with van der Waals surface area (Å²) in [6, 6.07) is 3.44. The molecule has 0 saturated carbocycles. The lowest BCUT2D eigenvalue weighted by Gasteiger charge is -2.13. The van der Waals surface area contributed by atoms with Crippen LogP contribution < -0.4 is 10.3 Å². The van der Waals surface area contributed by atoms with E-state index in [1.165, 1.54) is 0 Å². The molecule has 0 bridgehead atoms. The van der Waals surface area contributed by atoms with Crippen molar-refractivity contribution in [2.45, 2.75) is 24.9 Å². The van der Waals surface area contributed by atoms with E-state index in [2.05, 4.69) is 9.97 Å². The molecule has 0 spiro atoms. The number of halogens is 2. The zero-order valence-corrected chi connectivity index (χ0v) is 14.0. The summed E-state index contributed by atoms with van der Waals surface area (Å²) in [4.78, 5) is 18.6. The minimum Gasteiger partial charge on any atom is -0.490 e. The molecule has 0 fully saturated rings. The zero-order chi connectivity index (χ0) is 17.7. The molecule has 2 rings (SSSR count). The van der Waals surface area contributed by atoms with Crippen LogP contribution in [0.5, 0.6) is 5.75 Å². The first-order valence-corrected chi connectivity index (χ1v) is 8.44. The number of nitriles is 1. The Bertz CT molecular complexity index is 846. The molecule has 0 amide bonds. The molecule has 0 atom stereocenters. The van der Waals surface area contributed by atoms with Crippen LogP contribution in [0.1, 0.15) is 25.3 Å². The Morgan fingerprint density at radius 3 is 2.79 bits per heavy atom. The van der Waals surface area contributed by atoms with Gasteiger partial charge in [0.15, 0.2) is 16.7 Å². The number of aromatic nitrogens is 2. The Morgan fingerprint density at radius 1 is 1.42 bits per heavy atom. The van der Waals surface area contributed by atoms with Crippen molar-refractivity contribution in [3.8, 4) is 23.1 Å². The van der Waals surface area contributed by atoms with Gasteiger partial charge in [0.25, 0.3) is 5.56 Å². The molecule has 2 aromatic rings. The highest BCUT2D eigenvalue weighted by molar-refractivity contribution is 7.98. The summed E-state index contributed by atoms with van der Waals surface area (Å²) in [5.74, 6) is -1.97. The van der Waals surface area contributed by atoms with Crippen LogP contribution >= 0.6 is 11.8 Å². The fourth-order valence-corrected chi connectivity index (χ4v) is 2.43. The fraction of sp³-hybridized carbons (Fsp3) is 0.312. The molecule has 0 radical (unpaired) electrons. The van der Waals surface area contributed by atoms with Crippen LogP contribution in [-0.2, 0) is 0 Å². The smallest absolute Gasteiger partial charge is 0.270 e. The first kappa shape index (κ1) is 17.9. The van der Waals surface area contributed by atoms with E-state index < -0.39 is 17.2 Å². The third kappa shape index (κ3) is 3.74. The number of unbranched alkanes of at least 4 members (excludes halogenated alkanes) is 1. The van der Waals surface area contributed by atoms with Gasteiger partial charge in [-0.2, -0.15) is 5.26 Å². The molecular formula is C16H15F2N3O2S. The van der Waals surface area contributed by atoms with Crippen LogP contribution in [-0.4, -0.2) is 22.8 Å². The van der Waals surface area contributed by atoms with Gasteiger partial charge < -0.3 is 9.72 Å². The molecule has 0 aliphatic rings. The Kier molecular flexibility index (Phi) is 5.93. The van der Waals surface area contributed by atoms with E-state index in [0.29, 0.717) is 12.5 Å². The molecular weight excluding hydrogens is 336 g/mol. The highest BCUT2D eigenvalue weighted by Crippen LogP contribution is 2.34. The summed E-state index contributed by atoms with van der Waals surface area (Å²) in [6.45, 7) is 2.18. The number of thioether (sulfide) groups is 1. The predicted molar refractivity (Wildman–Crippen MR) is 87.1 cm³/mol. The zero-order valence-electron chi connectivity index (χ0n) is 13.2. The maximum atomic E-state index is 14.2. The van der Waals surface area contributed by atoms with Gasteiger partial charge >= 0.3 is 0 Å². The van der Waals surface area contributed by atoms with Crippen LogP contribution in [0.2, 0.25) is 0 Å². The summed E-state index contributed by atoms with van der Waals surface area (Å²) >= 11 is 1.14. The molecule has 5 nitrogen and oxygen atoms in total. The average molecular weight is 351 g/mol. The Labute approximate surface area is 141 Å². The Balaban J connectivity index is 2.69. The Hall–Kier alpha value is -2.40. The number of nitrogens with one attached hydrogen (secondary N) is 1. The molecule has 126 valence electrons. The van der Waals surface area contributed by atoms with Crippen LogP contribution in [0.25, 0.3) is 11.3 Å². The number of rotatable bonds is 6. The van der Waals surface area contributed by atoms with Crippen LogP contribution in [0.3, 0.4) is 0 Å². The highest BCUT2D eigenvalue weighted by Gasteiger charge is 2.21. The first-order valence-electron chi connectivity index (χ1n) is 7.22. The van der Waals surface area contributed by atoms with Crippen LogP contribution in [0.4, 0.5) is 8.78 Å². The van der Waals surface area contributed by atoms with Crippen molar-refractivity contribution in [2.75, 3.05) is 12.9 Å². The van der Waals surface area contributed by atoms with Crippen molar-refractivity contribution in [1.82, 2.24) is 9.97 Å². The lowest BCUT2D eigenvalue weighted by molar-refractivity contribution is 0.294. The van der Waals surface area contributed by atoms with Gasteiger partial charge in [-0.3, -0.25) is 4.79 Å². The van der Waals surface area contributed by atoms with Gasteiger partial charge in [0, 0.05) is 11.6 Å². The number of nitrogens with zero attached hydrogens (tertiary/aromatic N) is 2. The highest BCUT2D eigenvalue weighted by atomic mass is 32.2. The van der Waals surface area contributed by atoms with E-state index in [1.807, 2.05) is 6.92 Å². The third-order valence-electron chi connectivity index (χ3n) is 3.21. The monoisotopic (exact) mass is 351 g/mol. The van der Waals surface area contributed by atoms with Crippen LogP contribution in [0.15, 0.2) is 22.1 Å². The lowest BCUT2D eigenvalue weighted by Crippen LogP contribution is -2.15. The number of benzene rings is 1. The van der Waals surface area contributed by atoms with Crippen LogP contribution in [0, 0.1) is 23.0 Å². The molecule has 8 heteroatoms. The first-order chi connectivity index (χ1) is 11.5. The fourth-order valence-electron chi connectivity index (χ4n) is 2.05. The minimum absolute atomic E-state index is 0.0541. The van der Waals surface area contributed by atoms with Crippen molar-refractivity contribution in [2.24, 2.45) is 0 Å². The van der Waals surface area contributed by atoms with Gasteiger partial charge in [-0.25, -0.2) is 13.8 Å². The van der Waals surface area contributed by atoms with Gasteiger partial charge in [0.05, 0.1) is 6.61 Å². The third-order valence-corrected chi connectivity index (χ3v) is 3.79. The second kappa shape index (κ2) is 7.93. The van der Waals surface area contributed by atoms with Gasteiger partial charge in [-0.05, 0) is 18.7 Å². The molecule has 1 N–H and O–H groups in total. The SMILES string of the molecule is CCCCOc1c(F)cc(F)cc1-c1nc(SC)[nH]c(=O)c1C#N. The summed E-state index contributed by atoms with van der Waals surface area (Å²) < 4.78 is 33.3. The van der Waals surface area contributed by atoms with E-state index in [0.717, 1.165) is 24.2 Å². The standard InChI is InChI=1S/C16H15F2N3O2S/c1-3-4-5-23-14-10(6-9(17)7-12(14)18)13-11(8-19)15(22)21-16(20-13)24-2/h6-7H,3-5H2,1-2H3,(H,20,21,22). The summed E-state index contributed by atoms with van der Waals surface area (Å²) in [5.41, 5.74) is -1.15. The molecule has 0 saturated heterocycles. The van der Waals surface area contributed by atoms with E-state index >= 15 is 0 Å². The maximum absolute atomic E-state index is 14.2. The normalized spacial score (nSPS) is 10.5. The topological polar surface area (TPSA) is 78.8 Å². The second-order valence-corrected chi connectivity index (χ2v) is 5.67. The lowest BCUT2D eigenvalue weighted by atomic mass is 10.1. The number of H-pyrrole nitrogens is 1. The molecule has 0 aliphatic carbocycles. The molecule has 1 heterocycles. The van der Waals surface area contributed by atoms with E-state index in [-0.39, 0.29) is 34.3 Å². The predicted octanol–water partition coefficient (Wildman–Crippen LogP) is 3.49. The van der Waals surface area contributed by atoms with Gasteiger partial charge in [0.2, 0.25) is 0 Å². The summed E-state index contributed by atoms with van der Waals surface area (Å²) in [5, 5.41) is 9.46. The molecule has 0 unspecified atom stereocenters. The maximum Gasteiger partial charge on any atom is 0.270 e. The van der Waals surface area contributed by atoms with E-state index in [4.69, 9.17) is 4.74 Å². The van der Waals surface area contributed by atoms with E-state index in [1.54, 1.807) is 12.3 Å². The molecule has 0 aliphatic heterocycles. The van der Waals surface area contributed by atoms with Gasteiger partial charge in [-0.1, -0.05) is 25.1 Å². The number of hydrogen-bond acceptors (Lipinski definition) is 5. The number of aromatic amines is 1. The minimum atomic E-state index is -0.905. The molecule has 24 heavy (non-hydrogen) atoms. The molecule has 1 aromatic heterocycles. The van der Waals surface area contributed by atoms with Gasteiger partial charge in [-0.15, -0.1) is 0 Å². The van der Waals surface area contributed by atoms with Crippen molar-refractivity contribution < 1.29 is 13.5 Å². The average Bonchev–Trinajstić information content (AvgIpc) is 2.55. The van der Waals surface area contributed by atoms with Crippen molar-refractivity contribution in [3.63, 3.8) is 0 Å². The summed E-state index contributed by atoms with van der Waals surface area (Å²) in [6.07, 6.45) is 3.20. The second-order valence-electron chi connectivity index (χ2n) is 4.88.